The molecule has 0 amide bonds. The van der Waals surface area contributed by atoms with Crippen LogP contribution in [0.2, 0.25) is 0 Å². The lowest BCUT2D eigenvalue weighted by Crippen LogP contribution is -2.41. The lowest BCUT2D eigenvalue weighted by atomic mass is 9.89. The normalized spacial score (nSPS) is 24.1. The Bertz CT molecular complexity index is 579. The topological polar surface area (TPSA) is 61.8 Å². The molecule has 2 fully saturated rings. The smallest absolute Gasteiger partial charge is 0.309 e. The minimum atomic E-state index is -0.837. The van der Waals surface area contributed by atoms with Crippen LogP contribution < -0.4 is 0 Å². The monoisotopic (exact) mass is 346 g/mol. The van der Waals surface area contributed by atoms with Gasteiger partial charge in [-0.3, -0.25) is 9.59 Å². The van der Waals surface area contributed by atoms with Gasteiger partial charge >= 0.3 is 11.9 Å². The molecule has 0 spiro atoms. The van der Waals surface area contributed by atoms with Gasteiger partial charge in [0.05, 0.1) is 19.1 Å². The second-order valence-corrected chi connectivity index (χ2v) is 7.08. The Morgan fingerprint density at radius 2 is 1.88 bits per heavy atom. The molecule has 1 saturated heterocycles. The Balaban J connectivity index is 1.51. The number of carbonyl (C=O) groups excluding carboxylic acids is 2. The maximum atomic E-state index is 12.3. The zero-order valence-electron chi connectivity index (χ0n) is 14.6. The van der Waals surface area contributed by atoms with E-state index in [-0.39, 0.29) is 31.1 Å². The van der Waals surface area contributed by atoms with E-state index in [1.54, 1.807) is 0 Å². The molecule has 1 saturated carbocycles. The predicted octanol–water partition coefficient (Wildman–Crippen LogP) is 3.40. The summed E-state index contributed by atoms with van der Waals surface area (Å²) in [7, 11) is 0. The van der Waals surface area contributed by atoms with Crippen molar-refractivity contribution in [2.24, 2.45) is 5.92 Å². The molecule has 25 heavy (non-hydrogen) atoms. The maximum absolute atomic E-state index is 12.3. The Morgan fingerprint density at radius 3 is 2.56 bits per heavy atom. The van der Waals surface area contributed by atoms with E-state index >= 15 is 0 Å². The highest BCUT2D eigenvalue weighted by atomic mass is 16.6. The predicted molar refractivity (Wildman–Crippen MR) is 91.7 cm³/mol. The molecule has 0 aromatic heterocycles. The van der Waals surface area contributed by atoms with Crippen molar-refractivity contribution in [2.45, 2.75) is 57.2 Å². The summed E-state index contributed by atoms with van der Waals surface area (Å²) in [4.78, 5) is 23.9. The van der Waals surface area contributed by atoms with Crippen LogP contribution in [0.3, 0.4) is 0 Å². The molecule has 1 unspecified atom stereocenters. The summed E-state index contributed by atoms with van der Waals surface area (Å²) in [6, 6.07) is 9.83. The van der Waals surface area contributed by atoms with E-state index in [0.717, 1.165) is 31.2 Å². The summed E-state index contributed by atoms with van der Waals surface area (Å²) in [5.41, 5.74) is 0.220. The standard InChI is InChI=1S/C20H26O5/c21-18-11-12-20(25-18,14-23-13-16-7-3-1-4-8-16)15-24-19(22)17-9-5-2-6-10-17/h1,3-4,7-8,17H,2,5-6,9-15H2. The molecule has 0 radical (unpaired) electrons. The minimum Gasteiger partial charge on any atom is -0.461 e. The summed E-state index contributed by atoms with van der Waals surface area (Å²) in [5, 5.41) is 0. The average molecular weight is 346 g/mol. The van der Waals surface area contributed by atoms with Gasteiger partial charge in [0.25, 0.3) is 0 Å². The molecule has 1 aromatic rings. The van der Waals surface area contributed by atoms with Crippen molar-refractivity contribution in [3.05, 3.63) is 35.9 Å². The van der Waals surface area contributed by atoms with Gasteiger partial charge in [-0.05, 0) is 18.4 Å². The summed E-state index contributed by atoms with van der Waals surface area (Å²) in [5.74, 6) is -0.421. The number of esters is 2. The minimum absolute atomic E-state index is 0.00635. The SMILES string of the molecule is O=C1CCC(COCc2ccccc2)(COC(=O)C2CCCCC2)O1. The Morgan fingerprint density at radius 1 is 1.12 bits per heavy atom. The summed E-state index contributed by atoms with van der Waals surface area (Å²) >= 11 is 0. The molecule has 1 aliphatic heterocycles. The fourth-order valence-corrected chi connectivity index (χ4v) is 3.51. The molecule has 1 aromatic carbocycles. The van der Waals surface area contributed by atoms with Crippen LogP contribution in [0.5, 0.6) is 0 Å². The lowest BCUT2D eigenvalue weighted by molar-refractivity contribution is -0.172. The average Bonchev–Trinajstić information content (AvgIpc) is 3.02. The largest absolute Gasteiger partial charge is 0.461 e. The molecular weight excluding hydrogens is 320 g/mol. The van der Waals surface area contributed by atoms with Crippen molar-refractivity contribution in [1.29, 1.82) is 0 Å². The van der Waals surface area contributed by atoms with Gasteiger partial charge in [-0.2, -0.15) is 0 Å². The summed E-state index contributed by atoms with van der Waals surface area (Å²) < 4.78 is 16.8. The molecular formula is C20H26O5. The van der Waals surface area contributed by atoms with Crippen molar-refractivity contribution in [3.63, 3.8) is 0 Å². The van der Waals surface area contributed by atoms with Crippen molar-refractivity contribution in [3.8, 4) is 0 Å². The van der Waals surface area contributed by atoms with Gasteiger partial charge in [0.1, 0.15) is 6.61 Å². The summed E-state index contributed by atoms with van der Waals surface area (Å²) in [6.07, 6.45) is 6.03. The van der Waals surface area contributed by atoms with Crippen molar-refractivity contribution < 1.29 is 23.8 Å². The van der Waals surface area contributed by atoms with E-state index in [2.05, 4.69) is 0 Å². The van der Waals surface area contributed by atoms with Gasteiger partial charge in [0.2, 0.25) is 0 Å². The third-order valence-electron chi connectivity index (χ3n) is 5.01. The quantitative estimate of drug-likeness (QED) is 0.708. The van der Waals surface area contributed by atoms with Gasteiger partial charge in [0, 0.05) is 12.8 Å². The van der Waals surface area contributed by atoms with Crippen molar-refractivity contribution in [1.82, 2.24) is 0 Å². The van der Waals surface area contributed by atoms with E-state index in [9.17, 15) is 9.59 Å². The number of cyclic esters (lactones) is 1. The zero-order valence-corrected chi connectivity index (χ0v) is 14.6. The fourth-order valence-electron chi connectivity index (χ4n) is 3.51. The first-order valence-electron chi connectivity index (χ1n) is 9.17. The van der Waals surface area contributed by atoms with E-state index in [0.29, 0.717) is 19.4 Å². The van der Waals surface area contributed by atoms with Crippen molar-refractivity contribution in [2.75, 3.05) is 13.2 Å². The van der Waals surface area contributed by atoms with E-state index in [4.69, 9.17) is 14.2 Å². The first-order chi connectivity index (χ1) is 12.2. The molecule has 136 valence electrons. The number of ether oxygens (including phenoxy) is 3. The van der Waals surface area contributed by atoms with Crippen LogP contribution in [-0.2, 0) is 30.4 Å². The van der Waals surface area contributed by atoms with Gasteiger partial charge in [-0.1, -0.05) is 49.6 Å². The van der Waals surface area contributed by atoms with E-state index < -0.39 is 5.60 Å². The van der Waals surface area contributed by atoms with Crippen LogP contribution in [-0.4, -0.2) is 30.8 Å². The molecule has 1 heterocycles. The van der Waals surface area contributed by atoms with Crippen molar-refractivity contribution >= 4 is 11.9 Å². The Hall–Kier alpha value is -1.88. The Kier molecular flexibility index (Phi) is 6.08. The molecule has 5 heteroatoms. The first-order valence-corrected chi connectivity index (χ1v) is 9.17. The lowest BCUT2D eigenvalue weighted by Gasteiger charge is -2.28. The highest BCUT2D eigenvalue weighted by Gasteiger charge is 2.42. The van der Waals surface area contributed by atoms with Crippen LogP contribution in [0.25, 0.3) is 0 Å². The first kappa shape index (κ1) is 17.9. The Labute approximate surface area is 148 Å². The maximum Gasteiger partial charge on any atom is 0.309 e. The van der Waals surface area contributed by atoms with Crippen LogP contribution in [0, 0.1) is 5.92 Å². The molecule has 3 rings (SSSR count). The molecule has 1 atom stereocenters. The van der Waals surface area contributed by atoms with Crippen LogP contribution in [0.4, 0.5) is 0 Å². The van der Waals surface area contributed by atoms with Crippen LogP contribution in [0.15, 0.2) is 30.3 Å². The van der Waals surface area contributed by atoms with E-state index in [1.165, 1.54) is 6.42 Å². The van der Waals surface area contributed by atoms with E-state index in [1.807, 2.05) is 30.3 Å². The van der Waals surface area contributed by atoms with Gasteiger partial charge < -0.3 is 14.2 Å². The number of hydrogen-bond acceptors (Lipinski definition) is 5. The molecule has 5 nitrogen and oxygen atoms in total. The third-order valence-corrected chi connectivity index (χ3v) is 5.01. The number of benzene rings is 1. The highest BCUT2D eigenvalue weighted by Crippen LogP contribution is 2.30. The second kappa shape index (κ2) is 8.48. The molecule has 0 bridgehead atoms. The molecule has 1 aliphatic carbocycles. The van der Waals surface area contributed by atoms with Gasteiger partial charge in [-0.15, -0.1) is 0 Å². The fraction of sp³-hybridized carbons (Fsp3) is 0.600. The summed E-state index contributed by atoms with van der Waals surface area (Å²) in [6.45, 7) is 0.769. The molecule has 2 aliphatic rings. The van der Waals surface area contributed by atoms with Gasteiger partial charge in [0.15, 0.2) is 5.60 Å². The number of rotatable bonds is 7. The number of carbonyl (C=O) groups is 2. The van der Waals surface area contributed by atoms with Gasteiger partial charge in [-0.25, -0.2) is 0 Å². The van der Waals surface area contributed by atoms with Crippen LogP contribution in [0.1, 0.15) is 50.5 Å². The highest BCUT2D eigenvalue weighted by molar-refractivity contribution is 5.73. The second-order valence-electron chi connectivity index (χ2n) is 7.08. The number of hydrogen-bond donors (Lipinski definition) is 0. The third kappa shape index (κ3) is 5.05. The van der Waals surface area contributed by atoms with Crippen LogP contribution >= 0.6 is 0 Å². The zero-order chi connectivity index (χ0) is 17.5. The molecule has 0 N–H and O–H groups in total.